The molecule has 0 radical (unpaired) electrons. The van der Waals surface area contributed by atoms with E-state index in [-0.39, 0.29) is 18.2 Å². The fraction of sp³-hybridized carbons (Fsp3) is 0.357. The maximum Gasteiger partial charge on any atom is 0.319 e. The van der Waals surface area contributed by atoms with E-state index in [1.807, 2.05) is 6.92 Å². The number of aliphatic hydroxyl groups excluding tert-OH is 1. The predicted octanol–water partition coefficient (Wildman–Crippen LogP) is 2.09. The molecule has 1 aromatic rings. The van der Waals surface area contributed by atoms with Gasteiger partial charge in [-0.1, -0.05) is 25.2 Å². The number of halogens is 1. The number of anilines is 1. The van der Waals surface area contributed by atoms with Gasteiger partial charge in [0.1, 0.15) is 12.4 Å². The minimum absolute atomic E-state index is 0.186. The van der Waals surface area contributed by atoms with Crippen LogP contribution in [0.2, 0.25) is 0 Å². The Morgan fingerprint density at radius 2 is 2.26 bits per heavy atom. The highest BCUT2D eigenvalue weighted by molar-refractivity contribution is 5.89. The van der Waals surface area contributed by atoms with E-state index in [2.05, 4.69) is 22.5 Å². The summed E-state index contributed by atoms with van der Waals surface area (Å²) in [6.45, 7) is 2.30. The molecule has 3 N–H and O–H groups in total. The lowest BCUT2D eigenvalue weighted by Crippen LogP contribution is -2.29. The molecule has 0 aliphatic heterocycles. The number of amides is 2. The first kappa shape index (κ1) is 15.0. The van der Waals surface area contributed by atoms with Gasteiger partial charge in [-0.3, -0.25) is 0 Å². The molecule has 1 aromatic carbocycles. The Bertz CT molecular complexity index is 492. The van der Waals surface area contributed by atoms with Crippen LogP contribution in [0.3, 0.4) is 0 Å². The lowest BCUT2D eigenvalue weighted by atomic mass is 10.2. The predicted molar refractivity (Wildman–Crippen MR) is 72.3 cm³/mol. The summed E-state index contributed by atoms with van der Waals surface area (Å²) in [5, 5.41) is 13.7. The standard InChI is InChI=1S/C14H17FN2O2/c1-2-3-8-16-14(19)17-12-7-6-11(5-4-9-18)13(15)10-12/h6-7,10,18H,2-3,8-9H2,1H3,(H2,16,17,19). The molecule has 0 aliphatic rings. The first-order valence-electron chi connectivity index (χ1n) is 6.11. The maximum atomic E-state index is 13.6. The summed E-state index contributed by atoms with van der Waals surface area (Å²) in [4.78, 5) is 11.4. The molecule has 4 nitrogen and oxygen atoms in total. The first-order chi connectivity index (χ1) is 9.17. The van der Waals surface area contributed by atoms with Gasteiger partial charge in [0.15, 0.2) is 0 Å². The van der Waals surface area contributed by atoms with E-state index in [1.165, 1.54) is 12.1 Å². The van der Waals surface area contributed by atoms with Gasteiger partial charge in [-0.05, 0) is 24.6 Å². The fourth-order valence-electron chi connectivity index (χ4n) is 1.38. The molecule has 0 bridgehead atoms. The van der Waals surface area contributed by atoms with Gasteiger partial charge in [0.25, 0.3) is 0 Å². The Morgan fingerprint density at radius 3 is 2.89 bits per heavy atom. The largest absolute Gasteiger partial charge is 0.384 e. The van der Waals surface area contributed by atoms with Crippen molar-refractivity contribution in [3.8, 4) is 11.8 Å². The van der Waals surface area contributed by atoms with E-state index < -0.39 is 5.82 Å². The number of aliphatic hydroxyl groups is 1. The maximum absolute atomic E-state index is 13.6. The highest BCUT2D eigenvalue weighted by atomic mass is 19.1. The van der Waals surface area contributed by atoms with E-state index in [1.54, 1.807) is 6.07 Å². The van der Waals surface area contributed by atoms with Crippen LogP contribution in [0.5, 0.6) is 0 Å². The summed E-state index contributed by atoms with van der Waals surface area (Å²) in [5.74, 6) is 4.31. The third-order valence-electron chi connectivity index (χ3n) is 2.34. The minimum Gasteiger partial charge on any atom is -0.384 e. The molecule has 102 valence electrons. The van der Waals surface area contributed by atoms with Crippen LogP contribution in [-0.4, -0.2) is 24.3 Å². The van der Waals surface area contributed by atoms with Crippen LogP contribution in [0.15, 0.2) is 18.2 Å². The number of benzene rings is 1. The molecule has 0 heterocycles. The fourth-order valence-corrected chi connectivity index (χ4v) is 1.38. The summed E-state index contributed by atoms with van der Waals surface area (Å²) in [6.07, 6.45) is 1.89. The van der Waals surface area contributed by atoms with Gasteiger partial charge < -0.3 is 15.7 Å². The van der Waals surface area contributed by atoms with Gasteiger partial charge in [0, 0.05) is 12.2 Å². The summed E-state index contributed by atoms with van der Waals surface area (Å²) >= 11 is 0. The molecule has 0 unspecified atom stereocenters. The van der Waals surface area contributed by atoms with Gasteiger partial charge in [-0.15, -0.1) is 0 Å². The second-order valence-electron chi connectivity index (χ2n) is 3.89. The highest BCUT2D eigenvalue weighted by Gasteiger charge is 2.04. The van der Waals surface area contributed by atoms with Crippen molar-refractivity contribution in [3.63, 3.8) is 0 Å². The zero-order valence-corrected chi connectivity index (χ0v) is 10.8. The van der Waals surface area contributed by atoms with Crippen LogP contribution in [0.1, 0.15) is 25.3 Å². The second-order valence-corrected chi connectivity index (χ2v) is 3.89. The average Bonchev–Trinajstić information content (AvgIpc) is 2.38. The second kappa shape index (κ2) is 8.11. The van der Waals surface area contributed by atoms with Crippen LogP contribution < -0.4 is 10.6 Å². The molecular formula is C14H17FN2O2. The van der Waals surface area contributed by atoms with Crippen LogP contribution in [-0.2, 0) is 0 Å². The van der Waals surface area contributed by atoms with Crippen molar-refractivity contribution in [2.75, 3.05) is 18.5 Å². The first-order valence-corrected chi connectivity index (χ1v) is 6.11. The number of carbonyl (C=O) groups excluding carboxylic acids is 1. The minimum atomic E-state index is -0.535. The summed E-state index contributed by atoms with van der Waals surface area (Å²) in [7, 11) is 0. The quantitative estimate of drug-likeness (QED) is 0.576. The van der Waals surface area contributed by atoms with Gasteiger partial charge in [0.2, 0.25) is 0 Å². The van der Waals surface area contributed by atoms with Crippen LogP contribution in [0.25, 0.3) is 0 Å². The van der Waals surface area contributed by atoms with Crippen molar-refractivity contribution in [2.45, 2.75) is 19.8 Å². The number of hydrogen-bond acceptors (Lipinski definition) is 2. The normalized spacial score (nSPS) is 9.42. The monoisotopic (exact) mass is 264 g/mol. The number of carbonyl (C=O) groups is 1. The van der Waals surface area contributed by atoms with Crippen molar-refractivity contribution >= 4 is 11.7 Å². The Balaban J connectivity index is 2.60. The molecular weight excluding hydrogens is 247 g/mol. The van der Waals surface area contributed by atoms with Crippen molar-refractivity contribution < 1.29 is 14.3 Å². The average molecular weight is 264 g/mol. The van der Waals surface area contributed by atoms with Gasteiger partial charge >= 0.3 is 6.03 Å². The van der Waals surface area contributed by atoms with Crippen molar-refractivity contribution in [1.29, 1.82) is 0 Å². The smallest absolute Gasteiger partial charge is 0.319 e. The Hall–Kier alpha value is -2.06. The van der Waals surface area contributed by atoms with E-state index in [9.17, 15) is 9.18 Å². The van der Waals surface area contributed by atoms with Gasteiger partial charge in [-0.2, -0.15) is 0 Å². The molecule has 0 atom stereocenters. The molecule has 0 saturated carbocycles. The third-order valence-corrected chi connectivity index (χ3v) is 2.34. The Morgan fingerprint density at radius 1 is 1.47 bits per heavy atom. The molecule has 19 heavy (non-hydrogen) atoms. The summed E-state index contributed by atoms with van der Waals surface area (Å²) in [6, 6.07) is 3.85. The summed E-state index contributed by atoms with van der Waals surface area (Å²) in [5.41, 5.74) is 0.548. The molecule has 1 rings (SSSR count). The van der Waals surface area contributed by atoms with Crippen LogP contribution >= 0.6 is 0 Å². The van der Waals surface area contributed by atoms with Crippen LogP contribution in [0, 0.1) is 17.7 Å². The lowest BCUT2D eigenvalue weighted by Gasteiger charge is -2.07. The molecule has 0 saturated heterocycles. The van der Waals surface area contributed by atoms with E-state index in [0.29, 0.717) is 12.2 Å². The van der Waals surface area contributed by atoms with Crippen molar-refractivity contribution in [2.24, 2.45) is 0 Å². The van der Waals surface area contributed by atoms with E-state index in [0.717, 1.165) is 12.8 Å². The zero-order chi connectivity index (χ0) is 14.1. The molecule has 0 aromatic heterocycles. The number of unbranched alkanes of at least 4 members (excludes halogenated alkanes) is 1. The van der Waals surface area contributed by atoms with Gasteiger partial charge in [-0.25, -0.2) is 9.18 Å². The molecule has 0 aliphatic carbocycles. The number of nitrogens with one attached hydrogen (secondary N) is 2. The number of hydrogen-bond donors (Lipinski definition) is 3. The molecule has 0 fully saturated rings. The Kier molecular flexibility index (Phi) is 6.41. The molecule has 2 amide bonds. The SMILES string of the molecule is CCCCNC(=O)Nc1ccc(C#CCO)c(F)c1. The number of urea groups is 1. The topological polar surface area (TPSA) is 61.4 Å². The number of rotatable bonds is 4. The lowest BCUT2D eigenvalue weighted by molar-refractivity contribution is 0.252. The Labute approximate surface area is 112 Å². The van der Waals surface area contributed by atoms with Crippen LogP contribution in [0.4, 0.5) is 14.9 Å². The summed E-state index contributed by atoms with van der Waals surface area (Å²) < 4.78 is 13.6. The van der Waals surface area contributed by atoms with E-state index >= 15 is 0 Å². The zero-order valence-electron chi connectivity index (χ0n) is 10.8. The van der Waals surface area contributed by atoms with Gasteiger partial charge in [0.05, 0.1) is 5.56 Å². The third kappa shape index (κ3) is 5.40. The molecule has 0 spiro atoms. The van der Waals surface area contributed by atoms with Crippen molar-refractivity contribution in [3.05, 3.63) is 29.6 Å². The van der Waals surface area contributed by atoms with Crippen molar-refractivity contribution in [1.82, 2.24) is 5.32 Å². The van der Waals surface area contributed by atoms with E-state index in [4.69, 9.17) is 5.11 Å². The molecule has 5 heteroatoms. The highest BCUT2D eigenvalue weighted by Crippen LogP contribution is 2.13.